The van der Waals surface area contributed by atoms with Gasteiger partial charge in [0, 0.05) is 32.4 Å². The molecule has 0 atom stereocenters. The number of piperidine rings is 1. The summed E-state index contributed by atoms with van der Waals surface area (Å²) in [4.78, 5) is 14.2. The number of aryl methyl sites for hydroxylation is 1. The number of carbonyl (C=O) groups excluding carboxylic acids is 1. The number of nitrogens with one attached hydrogen (secondary N) is 1. The molecule has 2 heterocycles. The second-order valence-electron chi connectivity index (χ2n) is 7.03. The van der Waals surface area contributed by atoms with Crippen LogP contribution in [0.25, 0.3) is 0 Å². The van der Waals surface area contributed by atoms with Crippen LogP contribution in [0.3, 0.4) is 0 Å². The smallest absolute Gasteiger partial charge is 0.228 e. The Labute approximate surface area is 137 Å². The third kappa shape index (κ3) is 3.92. The first kappa shape index (κ1) is 16.4. The van der Waals surface area contributed by atoms with Crippen molar-refractivity contribution in [2.24, 2.45) is 12.5 Å². The van der Waals surface area contributed by atoms with Gasteiger partial charge < -0.3 is 4.90 Å². The Morgan fingerprint density at radius 1 is 1.39 bits per heavy atom. The quantitative estimate of drug-likeness (QED) is 0.853. The van der Waals surface area contributed by atoms with E-state index < -0.39 is 10.0 Å². The van der Waals surface area contributed by atoms with E-state index in [-0.39, 0.29) is 17.4 Å². The first-order valence-electron chi connectivity index (χ1n) is 7.98. The zero-order valence-corrected chi connectivity index (χ0v) is 14.5. The van der Waals surface area contributed by atoms with Gasteiger partial charge in [0.2, 0.25) is 15.9 Å². The van der Waals surface area contributed by atoms with Gasteiger partial charge >= 0.3 is 0 Å². The second-order valence-corrected chi connectivity index (χ2v) is 8.81. The van der Waals surface area contributed by atoms with Crippen molar-refractivity contribution in [2.75, 3.05) is 19.3 Å². The molecule has 1 aliphatic heterocycles. The van der Waals surface area contributed by atoms with Gasteiger partial charge in [-0.3, -0.25) is 9.48 Å². The van der Waals surface area contributed by atoms with Gasteiger partial charge in [-0.15, -0.1) is 0 Å². The molecule has 1 saturated heterocycles. The van der Waals surface area contributed by atoms with Gasteiger partial charge in [0.1, 0.15) is 0 Å². The Hall–Kier alpha value is -1.41. The summed E-state index contributed by atoms with van der Waals surface area (Å²) >= 11 is 0. The highest BCUT2D eigenvalue weighted by molar-refractivity contribution is 7.88. The summed E-state index contributed by atoms with van der Waals surface area (Å²) < 4.78 is 26.9. The number of hydrogen-bond acceptors (Lipinski definition) is 4. The van der Waals surface area contributed by atoms with Crippen molar-refractivity contribution in [3.05, 3.63) is 18.0 Å². The summed E-state index contributed by atoms with van der Waals surface area (Å²) in [7, 11) is -1.28. The average molecular weight is 340 g/mol. The van der Waals surface area contributed by atoms with E-state index in [1.807, 2.05) is 24.2 Å². The van der Waals surface area contributed by atoms with Gasteiger partial charge in [-0.25, -0.2) is 13.1 Å². The van der Waals surface area contributed by atoms with Crippen LogP contribution in [0.5, 0.6) is 0 Å². The molecule has 2 aliphatic rings. The molecule has 0 bridgehead atoms. The van der Waals surface area contributed by atoms with Crippen molar-refractivity contribution < 1.29 is 13.2 Å². The van der Waals surface area contributed by atoms with Crippen LogP contribution in [0, 0.1) is 5.41 Å². The van der Waals surface area contributed by atoms with Crippen molar-refractivity contribution in [1.29, 1.82) is 0 Å². The molecule has 1 spiro atoms. The van der Waals surface area contributed by atoms with Crippen LogP contribution in [0.4, 0.5) is 0 Å². The Morgan fingerprint density at radius 2 is 2.04 bits per heavy atom. The number of amides is 1. The van der Waals surface area contributed by atoms with Crippen molar-refractivity contribution in [1.82, 2.24) is 19.4 Å². The molecule has 1 aliphatic carbocycles. The molecule has 1 saturated carbocycles. The molecule has 7 nitrogen and oxygen atoms in total. The number of rotatable bonds is 4. The lowest BCUT2D eigenvalue weighted by atomic mass is 9.60. The van der Waals surface area contributed by atoms with Crippen LogP contribution in [-0.2, 0) is 28.3 Å². The van der Waals surface area contributed by atoms with Crippen molar-refractivity contribution >= 4 is 15.9 Å². The van der Waals surface area contributed by atoms with E-state index in [1.54, 1.807) is 4.68 Å². The van der Waals surface area contributed by atoms with Crippen LogP contribution in [0.2, 0.25) is 0 Å². The maximum atomic E-state index is 12.3. The predicted molar refractivity (Wildman–Crippen MR) is 86.2 cm³/mol. The highest BCUT2D eigenvalue weighted by Crippen LogP contribution is 2.49. The van der Waals surface area contributed by atoms with E-state index >= 15 is 0 Å². The lowest BCUT2D eigenvalue weighted by Gasteiger charge is -2.52. The predicted octanol–water partition coefficient (Wildman–Crippen LogP) is 0.283. The fraction of sp³-hybridized carbons (Fsp3) is 0.733. The Morgan fingerprint density at radius 3 is 2.57 bits per heavy atom. The Balaban J connectivity index is 1.47. The normalized spacial score (nSPS) is 21.4. The fourth-order valence-corrected chi connectivity index (χ4v) is 4.61. The monoisotopic (exact) mass is 340 g/mol. The zero-order chi connectivity index (χ0) is 16.7. The molecule has 1 amide bonds. The summed E-state index contributed by atoms with van der Waals surface area (Å²) in [5.41, 5.74) is 1.03. The molecule has 1 aromatic heterocycles. The topological polar surface area (TPSA) is 84.3 Å². The van der Waals surface area contributed by atoms with Crippen LogP contribution in [0.15, 0.2) is 12.3 Å². The van der Waals surface area contributed by atoms with E-state index in [2.05, 4.69) is 9.82 Å². The van der Waals surface area contributed by atoms with E-state index in [0.29, 0.717) is 6.42 Å². The molecule has 128 valence electrons. The molecule has 0 radical (unpaired) electrons. The molecular formula is C15H24N4O3S. The lowest BCUT2D eigenvalue weighted by Crippen LogP contribution is -2.55. The standard InChI is InChI=1S/C15H24N4O3S/c1-18-6-3-12(16-18)9-14(20)19-7-4-15(5-8-19)10-13(11-15)17-23(2,21)22/h3,6,13,17H,4-5,7-11H2,1-2H3. The third-order valence-electron chi connectivity index (χ3n) is 5.02. The molecular weight excluding hydrogens is 316 g/mol. The zero-order valence-electron chi connectivity index (χ0n) is 13.7. The molecule has 1 aromatic rings. The maximum Gasteiger partial charge on any atom is 0.228 e. The van der Waals surface area contributed by atoms with Gasteiger partial charge in [-0.1, -0.05) is 0 Å². The second kappa shape index (κ2) is 5.90. The first-order chi connectivity index (χ1) is 10.7. The maximum absolute atomic E-state index is 12.3. The average Bonchev–Trinajstić information content (AvgIpc) is 2.81. The largest absolute Gasteiger partial charge is 0.342 e. The Kier molecular flexibility index (Phi) is 4.22. The molecule has 0 aromatic carbocycles. The molecule has 3 rings (SSSR count). The van der Waals surface area contributed by atoms with Gasteiger partial charge in [0.15, 0.2) is 0 Å². The van der Waals surface area contributed by atoms with Gasteiger partial charge in [0.25, 0.3) is 0 Å². The molecule has 0 unspecified atom stereocenters. The van der Waals surface area contributed by atoms with Crippen molar-refractivity contribution in [3.8, 4) is 0 Å². The molecule has 2 fully saturated rings. The van der Waals surface area contributed by atoms with E-state index in [0.717, 1.165) is 44.5 Å². The number of aromatic nitrogens is 2. The highest BCUT2D eigenvalue weighted by atomic mass is 32.2. The first-order valence-corrected chi connectivity index (χ1v) is 9.87. The van der Waals surface area contributed by atoms with Crippen LogP contribution in [0.1, 0.15) is 31.4 Å². The Bertz CT molecular complexity index is 681. The summed E-state index contributed by atoms with van der Waals surface area (Å²) in [6.45, 7) is 1.52. The number of carbonyl (C=O) groups is 1. The van der Waals surface area contributed by atoms with E-state index in [1.165, 1.54) is 6.26 Å². The van der Waals surface area contributed by atoms with Crippen LogP contribution < -0.4 is 4.72 Å². The summed E-state index contributed by atoms with van der Waals surface area (Å²) in [6.07, 6.45) is 7.11. The van der Waals surface area contributed by atoms with E-state index in [4.69, 9.17) is 0 Å². The highest BCUT2D eigenvalue weighted by Gasteiger charge is 2.46. The van der Waals surface area contributed by atoms with Gasteiger partial charge in [0.05, 0.1) is 18.4 Å². The fourth-order valence-electron chi connectivity index (χ4n) is 3.83. The molecule has 1 N–H and O–H groups in total. The van der Waals surface area contributed by atoms with Crippen molar-refractivity contribution in [2.45, 2.75) is 38.1 Å². The number of nitrogens with zero attached hydrogens (tertiary/aromatic N) is 3. The molecule has 8 heteroatoms. The summed E-state index contributed by atoms with van der Waals surface area (Å²) in [6, 6.07) is 1.94. The van der Waals surface area contributed by atoms with Gasteiger partial charge in [-0.2, -0.15) is 5.10 Å². The van der Waals surface area contributed by atoms with E-state index in [9.17, 15) is 13.2 Å². The number of hydrogen-bond donors (Lipinski definition) is 1. The summed E-state index contributed by atoms with van der Waals surface area (Å²) in [5, 5.41) is 4.25. The molecule has 23 heavy (non-hydrogen) atoms. The minimum absolute atomic E-state index is 0.0702. The summed E-state index contributed by atoms with van der Waals surface area (Å²) in [5.74, 6) is 0.128. The lowest BCUT2D eigenvalue weighted by molar-refractivity contribution is -0.134. The minimum Gasteiger partial charge on any atom is -0.342 e. The van der Waals surface area contributed by atoms with Crippen molar-refractivity contribution in [3.63, 3.8) is 0 Å². The van der Waals surface area contributed by atoms with Crippen LogP contribution >= 0.6 is 0 Å². The SMILES string of the molecule is Cn1ccc(CC(=O)N2CCC3(CC2)CC(NS(C)(=O)=O)C3)n1. The van der Waals surface area contributed by atoms with Gasteiger partial charge in [-0.05, 0) is 37.2 Å². The number of likely N-dealkylation sites (tertiary alicyclic amines) is 1. The minimum atomic E-state index is -3.12. The third-order valence-corrected chi connectivity index (χ3v) is 5.78. The number of sulfonamides is 1. The van der Waals surface area contributed by atoms with Crippen LogP contribution in [-0.4, -0.2) is 54.4 Å².